The van der Waals surface area contributed by atoms with E-state index in [1.807, 2.05) is 0 Å². The minimum absolute atomic E-state index is 0.0779. The van der Waals surface area contributed by atoms with Crippen LogP contribution in [-0.2, 0) is 9.59 Å². The van der Waals surface area contributed by atoms with Gasteiger partial charge in [0.05, 0.1) is 5.92 Å². The van der Waals surface area contributed by atoms with E-state index in [0.29, 0.717) is 18.3 Å². The molecule has 0 radical (unpaired) electrons. The second-order valence-electron chi connectivity index (χ2n) is 6.61. The number of rotatable bonds is 6. The highest BCUT2D eigenvalue weighted by atomic mass is 19.1. The molecule has 1 aromatic carbocycles. The predicted molar refractivity (Wildman–Crippen MR) is 89.0 cm³/mol. The molecule has 3 rings (SSSR count). The van der Waals surface area contributed by atoms with E-state index in [-0.39, 0.29) is 24.4 Å². The summed E-state index contributed by atoms with van der Waals surface area (Å²) < 4.78 is 28.8. The molecule has 5 N–H and O–H groups in total. The lowest BCUT2D eigenvalue weighted by Gasteiger charge is -2.37. The van der Waals surface area contributed by atoms with Crippen LogP contribution < -0.4 is 21.7 Å². The van der Waals surface area contributed by atoms with Crippen molar-refractivity contribution in [3.05, 3.63) is 29.3 Å². The van der Waals surface area contributed by atoms with Crippen LogP contribution in [0.4, 0.5) is 14.5 Å². The average molecular weight is 352 g/mol. The first kappa shape index (κ1) is 17.8. The number of piperidine rings is 1. The standard InChI is InChI=1S/C17H22F2N4O2/c18-13-7-11(22-10-5-9(6-10)21-4-3-20)8-14(19)16(13)12-1-2-15(24)23-17(12)25/h7-10,12,21-22H,1-6,20H2,(H,23,24,25). The van der Waals surface area contributed by atoms with Gasteiger partial charge in [-0.05, 0) is 31.4 Å². The van der Waals surface area contributed by atoms with Crippen molar-refractivity contribution >= 4 is 17.5 Å². The highest BCUT2D eigenvalue weighted by Crippen LogP contribution is 2.32. The smallest absolute Gasteiger partial charge is 0.234 e. The summed E-state index contributed by atoms with van der Waals surface area (Å²) in [7, 11) is 0. The first-order chi connectivity index (χ1) is 12.0. The van der Waals surface area contributed by atoms with Gasteiger partial charge < -0.3 is 16.4 Å². The summed E-state index contributed by atoms with van der Waals surface area (Å²) in [5, 5.41) is 8.52. The Balaban J connectivity index is 1.65. The molecule has 1 aliphatic heterocycles. The number of imide groups is 1. The van der Waals surface area contributed by atoms with Gasteiger partial charge in [0, 0.05) is 42.8 Å². The summed E-state index contributed by atoms with van der Waals surface area (Å²) in [6, 6.07) is 2.94. The van der Waals surface area contributed by atoms with E-state index >= 15 is 0 Å². The number of hydrogen-bond acceptors (Lipinski definition) is 5. The molecule has 1 saturated heterocycles. The monoisotopic (exact) mass is 352 g/mol. The third-order valence-corrected chi connectivity index (χ3v) is 4.75. The van der Waals surface area contributed by atoms with Crippen molar-refractivity contribution in [2.75, 3.05) is 18.4 Å². The molecule has 25 heavy (non-hydrogen) atoms. The van der Waals surface area contributed by atoms with Crippen LogP contribution in [0.25, 0.3) is 0 Å². The number of carbonyl (C=O) groups is 2. The maximum atomic E-state index is 14.4. The number of halogens is 2. The van der Waals surface area contributed by atoms with Crippen molar-refractivity contribution in [3.8, 4) is 0 Å². The van der Waals surface area contributed by atoms with E-state index in [0.717, 1.165) is 19.4 Å². The highest BCUT2D eigenvalue weighted by molar-refractivity contribution is 6.01. The van der Waals surface area contributed by atoms with Crippen LogP contribution in [0.5, 0.6) is 0 Å². The molecule has 2 amide bonds. The quantitative estimate of drug-likeness (QED) is 0.572. The SMILES string of the molecule is NCCNC1CC(Nc2cc(F)c(C3CCC(=O)NC3=O)c(F)c2)C1. The van der Waals surface area contributed by atoms with Crippen molar-refractivity contribution < 1.29 is 18.4 Å². The normalized spacial score (nSPS) is 26.1. The van der Waals surface area contributed by atoms with Crippen LogP contribution in [0.1, 0.15) is 37.2 Å². The van der Waals surface area contributed by atoms with Crippen molar-refractivity contribution in [2.45, 2.75) is 43.7 Å². The van der Waals surface area contributed by atoms with Crippen LogP contribution in [0.15, 0.2) is 12.1 Å². The Bertz CT molecular complexity index is 654. The zero-order chi connectivity index (χ0) is 18.0. The van der Waals surface area contributed by atoms with E-state index in [1.165, 1.54) is 12.1 Å². The molecule has 1 aliphatic carbocycles. The molecule has 1 saturated carbocycles. The van der Waals surface area contributed by atoms with Gasteiger partial charge in [0.15, 0.2) is 0 Å². The third kappa shape index (κ3) is 3.96. The first-order valence-electron chi connectivity index (χ1n) is 8.50. The van der Waals surface area contributed by atoms with Gasteiger partial charge in [-0.3, -0.25) is 14.9 Å². The van der Waals surface area contributed by atoms with Gasteiger partial charge in [-0.15, -0.1) is 0 Å². The molecule has 136 valence electrons. The molecule has 1 aromatic rings. The molecule has 0 spiro atoms. The van der Waals surface area contributed by atoms with Gasteiger partial charge in [-0.2, -0.15) is 0 Å². The number of carbonyl (C=O) groups excluding carboxylic acids is 2. The number of benzene rings is 1. The average Bonchev–Trinajstić information content (AvgIpc) is 2.50. The van der Waals surface area contributed by atoms with Crippen LogP contribution in [-0.4, -0.2) is 37.0 Å². The molecule has 1 unspecified atom stereocenters. The molecular formula is C17H22F2N4O2. The summed E-state index contributed by atoms with van der Waals surface area (Å²) >= 11 is 0. The van der Waals surface area contributed by atoms with Crippen molar-refractivity contribution in [1.29, 1.82) is 0 Å². The van der Waals surface area contributed by atoms with Gasteiger partial charge in [-0.25, -0.2) is 8.78 Å². The molecular weight excluding hydrogens is 330 g/mol. The van der Waals surface area contributed by atoms with Gasteiger partial charge in [-0.1, -0.05) is 0 Å². The second-order valence-corrected chi connectivity index (χ2v) is 6.61. The Labute approximate surface area is 144 Å². The fourth-order valence-electron chi connectivity index (χ4n) is 3.40. The number of amides is 2. The third-order valence-electron chi connectivity index (χ3n) is 4.75. The Hall–Kier alpha value is -2.06. The fraction of sp³-hybridized carbons (Fsp3) is 0.529. The van der Waals surface area contributed by atoms with Crippen LogP contribution in [0.3, 0.4) is 0 Å². The Morgan fingerprint density at radius 1 is 1.16 bits per heavy atom. The van der Waals surface area contributed by atoms with Gasteiger partial charge in [0.2, 0.25) is 11.8 Å². The zero-order valence-corrected chi connectivity index (χ0v) is 13.8. The lowest BCUT2D eigenvalue weighted by atomic mass is 9.86. The van der Waals surface area contributed by atoms with Crippen LogP contribution in [0.2, 0.25) is 0 Å². The Morgan fingerprint density at radius 2 is 1.84 bits per heavy atom. The van der Waals surface area contributed by atoms with E-state index in [1.54, 1.807) is 0 Å². The van der Waals surface area contributed by atoms with Crippen molar-refractivity contribution in [1.82, 2.24) is 10.6 Å². The molecule has 8 heteroatoms. The van der Waals surface area contributed by atoms with E-state index < -0.39 is 29.4 Å². The van der Waals surface area contributed by atoms with Crippen LogP contribution in [0, 0.1) is 11.6 Å². The molecule has 1 atom stereocenters. The molecule has 0 bridgehead atoms. The Kier molecular flexibility index (Phi) is 5.29. The molecule has 2 fully saturated rings. The lowest BCUT2D eigenvalue weighted by molar-refractivity contribution is -0.134. The molecule has 6 nitrogen and oxygen atoms in total. The number of hydrogen-bond donors (Lipinski definition) is 4. The first-order valence-corrected chi connectivity index (χ1v) is 8.50. The van der Waals surface area contributed by atoms with Gasteiger partial charge >= 0.3 is 0 Å². The van der Waals surface area contributed by atoms with Crippen molar-refractivity contribution in [2.24, 2.45) is 5.73 Å². The molecule has 2 aliphatic rings. The molecule has 1 heterocycles. The van der Waals surface area contributed by atoms with E-state index in [2.05, 4.69) is 16.0 Å². The minimum atomic E-state index is -0.972. The molecule has 0 aromatic heterocycles. The topological polar surface area (TPSA) is 96.2 Å². The van der Waals surface area contributed by atoms with Gasteiger partial charge in [0.25, 0.3) is 0 Å². The Morgan fingerprint density at radius 3 is 2.44 bits per heavy atom. The highest BCUT2D eigenvalue weighted by Gasteiger charge is 2.33. The summed E-state index contributed by atoms with van der Waals surface area (Å²) in [5.74, 6) is -3.57. The largest absolute Gasteiger partial charge is 0.382 e. The van der Waals surface area contributed by atoms with Crippen LogP contribution >= 0.6 is 0 Å². The number of nitrogens with one attached hydrogen (secondary N) is 3. The number of anilines is 1. The fourth-order valence-corrected chi connectivity index (χ4v) is 3.40. The summed E-state index contributed by atoms with van der Waals surface area (Å²) in [5.41, 5.74) is 5.51. The second kappa shape index (κ2) is 7.45. The van der Waals surface area contributed by atoms with E-state index in [9.17, 15) is 18.4 Å². The maximum absolute atomic E-state index is 14.4. The van der Waals surface area contributed by atoms with Crippen molar-refractivity contribution in [3.63, 3.8) is 0 Å². The maximum Gasteiger partial charge on any atom is 0.234 e. The minimum Gasteiger partial charge on any atom is -0.382 e. The zero-order valence-electron chi connectivity index (χ0n) is 13.8. The summed E-state index contributed by atoms with van der Waals surface area (Å²) in [4.78, 5) is 23.0. The van der Waals surface area contributed by atoms with Gasteiger partial charge in [0.1, 0.15) is 11.6 Å². The summed E-state index contributed by atoms with van der Waals surface area (Å²) in [6.45, 7) is 1.33. The summed E-state index contributed by atoms with van der Waals surface area (Å²) in [6.07, 6.45) is 1.91. The predicted octanol–water partition coefficient (Wildman–Crippen LogP) is 0.976. The van der Waals surface area contributed by atoms with E-state index in [4.69, 9.17) is 5.73 Å². The lowest BCUT2D eigenvalue weighted by Crippen LogP contribution is -2.48. The number of nitrogens with two attached hydrogens (primary N) is 1.